The summed E-state index contributed by atoms with van der Waals surface area (Å²) in [6.45, 7) is 0. The summed E-state index contributed by atoms with van der Waals surface area (Å²) >= 11 is 0. The van der Waals surface area contributed by atoms with Crippen molar-refractivity contribution in [3.05, 3.63) is 207 Å². The van der Waals surface area contributed by atoms with Gasteiger partial charge in [-0.15, -0.1) is 0 Å². The number of rotatable bonds is 7. The summed E-state index contributed by atoms with van der Waals surface area (Å²) in [4.78, 5) is 9.64. The molecule has 0 aliphatic heterocycles. The molecule has 0 saturated carbocycles. The second kappa shape index (κ2) is 13.8. The van der Waals surface area contributed by atoms with Crippen LogP contribution in [0.5, 0.6) is 0 Å². The molecular formula is C50H34N2. The van der Waals surface area contributed by atoms with Crippen molar-refractivity contribution >= 4 is 10.8 Å². The lowest BCUT2D eigenvalue weighted by molar-refractivity contribution is 1.32. The molecule has 2 heteroatoms. The second-order valence-corrected chi connectivity index (χ2v) is 13.1. The van der Waals surface area contributed by atoms with Crippen LogP contribution in [-0.4, -0.2) is 9.97 Å². The zero-order chi connectivity index (χ0) is 34.7. The fourth-order valence-electron chi connectivity index (χ4n) is 7.15. The zero-order valence-corrected chi connectivity index (χ0v) is 28.5. The molecule has 0 amide bonds. The van der Waals surface area contributed by atoms with Gasteiger partial charge in [0.1, 0.15) is 0 Å². The second-order valence-electron chi connectivity index (χ2n) is 13.1. The van der Waals surface area contributed by atoms with Gasteiger partial charge in [-0.2, -0.15) is 0 Å². The molecule has 0 atom stereocenters. The van der Waals surface area contributed by atoms with Gasteiger partial charge in [0.15, 0.2) is 0 Å². The van der Waals surface area contributed by atoms with Crippen LogP contribution in [0.2, 0.25) is 0 Å². The molecule has 0 unspecified atom stereocenters. The maximum Gasteiger partial charge on any atom is 0.0794 e. The molecule has 9 aromatic rings. The summed E-state index contributed by atoms with van der Waals surface area (Å²) in [5, 5.41) is 2.29. The monoisotopic (exact) mass is 662 g/mol. The van der Waals surface area contributed by atoms with Crippen LogP contribution in [0.1, 0.15) is 0 Å². The number of fused-ring (bicyclic) bond motifs is 1. The van der Waals surface area contributed by atoms with E-state index in [1.165, 1.54) is 33.4 Å². The van der Waals surface area contributed by atoms with Crippen molar-refractivity contribution in [2.75, 3.05) is 0 Å². The summed E-state index contributed by atoms with van der Waals surface area (Å²) in [7, 11) is 0. The van der Waals surface area contributed by atoms with Gasteiger partial charge >= 0.3 is 0 Å². The van der Waals surface area contributed by atoms with E-state index < -0.39 is 0 Å². The lowest BCUT2D eigenvalue weighted by Crippen LogP contribution is -1.94. The summed E-state index contributed by atoms with van der Waals surface area (Å²) < 4.78 is 0. The minimum Gasteiger partial charge on any atom is -0.265 e. The first-order valence-electron chi connectivity index (χ1n) is 17.6. The minimum absolute atomic E-state index is 0.944. The van der Waals surface area contributed by atoms with Crippen molar-refractivity contribution in [2.45, 2.75) is 0 Å². The van der Waals surface area contributed by atoms with E-state index in [2.05, 4.69) is 199 Å². The first-order valence-corrected chi connectivity index (χ1v) is 17.6. The van der Waals surface area contributed by atoms with Crippen LogP contribution >= 0.6 is 0 Å². The summed E-state index contributed by atoms with van der Waals surface area (Å²) in [6, 6.07) is 69.2. The highest BCUT2D eigenvalue weighted by molar-refractivity contribution is 6.00. The van der Waals surface area contributed by atoms with E-state index in [4.69, 9.17) is 4.98 Å². The van der Waals surface area contributed by atoms with E-state index >= 15 is 0 Å². The van der Waals surface area contributed by atoms with E-state index in [9.17, 15) is 0 Å². The third-order valence-corrected chi connectivity index (χ3v) is 9.75. The molecule has 2 aromatic heterocycles. The molecule has 9 rings (SSSR count). The highest BCUT2D eigenvalue weighted by Gasteiger charge is 2.15. The van der Waals surface area contributed by atoms with Crippen molar-refractivity contribution in [3.8, 4) is 78.1 Å². The van der Waals surface area contributed by atoms with Gasteiger partial charge < -0.3 is 0 Å². The molecule has 2 nitrogen and oxygen atoms in total. The van der Waals surface area contributed by atoms with Gasteiger partial charge in [-0.1, -0.05) is 146 Å². The highest BCUT2D eigenvalue weighted by Crippen LogP contribution is 2.38. The van der Waals surface area contributed by atoms with Crippen LogP contribution in [0.3, 0.4) is 0 Å². The molecule has 0 aliphatic rings. The van der Waals surface area contributed by atoms with Crippen molar-refractivity contribution in [1.29, 1.82) is 0 Å². The Morgan fingerprint density at radius 1 is 0.288 bits per heavy atom. The Kier molecular flexibility index (Phi) is 8.24. The van der Waals surface area contributed by atoms with Crippen molar-refractivity contribution in [1.82, 2.24) is 9.97 Å². The summed E-state index contributed by atoms with van der Waals surface area (Å²) in [6.07, 6.45) is 3.69. The van der Waals surface area contributed by atoms with Crippen molar-refractivity contribution in [2.24, 2.45) is 0 Å². The molecule has 7 aromatic carbocycles. The fourth-order valence-corrected chi connectivity index (χ4v) is 7.15. The predicted molar refractivity (Wildman–Crippen MR) is 218 cm³/mol. The van der Waals surface area contributed by atoms with Gasteiger partial charge in [0.25, 0.3) is 0 Å². The summed E-state index contributed by atoms with van der Waals surface area (Å²) in [5.74, 6) is 0. The van der Waals surface area contributed by atoms with Crippen LogP contribution in [0, 0.1) is 0 Å². The Morgan fingerprint density at radius 3 is 1.40 bits per heavy atom. The van der Waals surface area contributed by atoms with Crippen LogP contribution in [0.25, 0.3) is 88.9 Å². The molecular weight excluding hydrogens is 629 g/mol. The molecule has 0 radical (unpaired) electrons. The highest BCUT2D eigenvalue weighted by atomic mass is 14.7. The quantitative estimate of drug-likeness (QED) is 0.170. The molecule has 0 fully saturated rings. The topological polar surface area (TPSA) is 25.8 Å². The van der Waals surface area contributed by atoms with Gasteiger partial charge in [0.05, 0.1) is 11.4 Å². The first-order chi connectivity index (χ1) is 25.8. The number of aromatic nitrogens is 2. The molecule has 52 heavy (non-hydrogen) atoms. The number of hydrogen-bond donors (Lipinski definition) is 0. The SMILES string of the molecule is c1ccc(-c2cc(-c3ccccc3)cc(-c3cccc(-c4cccc(-c5cc6ccccc6c(-c6ccccc6-c6ccncc6)n5)c4)c3)c2)cc1. The molecule has 0 saturated heterocycles. The van der Waals surface area contributed by atoms with Gasteiger partial charge in [-0.25, -0.2) is 4.98 Å². The standard InChI is InChI=1S/C50H34N2/c1-3-13-35(14-4-1)43-31-44(36-15-5-2-6-16-36)33-45(32-43)40-20-11-18-38(29-40)39-19-12-21-42(30-39)49-34-41-17-7-8-23-47(41)50(52-49)48-24-10-9-22-46(48)37-25-27-51-28-26-37/h1-34H. The number of hydrogen-bond acceptors (Lipinski definition) is 2. The Balaban J connectivity index is 1.13. The van der Waals surface area contributed by atoms with E-state index in [0.29, 0.717) is 0 Å². The molecule has 0 bridgehead atoms. The lowest BCUT2D eigenvalue weighted by Gasteiger charge is -2.15. The smallest absolute Gasteiger partial charge is 0.0794 e. The minimum atomic E-state index is 0.944. The van der Waals surface area contributed by atoms with E-state index in [0.717, 1.165) is 55.5 Å². The van der Waals surface area contributed by atoms with Crippen LogP contribution in [0.4, 0.5) is 0 Å². The normalized spacial score (nSPS) is 11.1. The zero-order valence-electron chi connectivity index (χ0n) is 28.5. The fraction of sp³-hybridized carbons (Fsp3) is 0. The first kappa shape index (κ1) is 31.1. The Labute approximate surface area is 304 Å². The molecule has 0 aliphatic carbocycles. The number of benzene rings is 7. The summed E-state index contributed by atoms with van der Waals surface area (Å²) in [5.41, 5.74) is 15.8. The maximum absolute atomic E-state index is 5.39. The van der Waals surface area contributed by atoms with Crippen LogP contribution in [0.15, 0.2) is 207 Å². The van der Waals surface area contributed by atoms with Crippen LogP contribution in [-0.2, 0) is 0 Å². The third-order valence-electron chi connectivity index (χ3n) is 9.75. The van der Waals surface area contributed by atoms with E-state index in [1.807, 2.05) is 12.4 Å². The van der Waals surface area contributed by atoms with Gasteiger partial charge in [0.2, 0.25) is 0 Å². The largest absolute Gasteiger partial charge is 0.265 e. The van der Waals surface area contributed by atoms with Crippen LogP contribution < -0.4 is 0 Å². The number of pyridine rings is 2. The van der Waals surface area contributed by atoms with E-state index in [1.54, 1.807) is 0 Å². The predicted octanol–water partition coefficient (Wildman–Crippen LogP) is 13.3. The van der Waals surface area contributed by atoms with Gasteiger partial charge in [-0.3, -0.25) is 4.98 Å². The van der Waals surface area contributed by atoms with Gasteiger partial charge in [-0.05, 0) is 110 Å². The van der Waals surface area contributed by atoms with Crippen molar-refractivity contribution < 1.29 is 0 Å². The average Bonchev–Trinajstić information content (AvgIpc) is 3.24. The molecule has 0 spiro atoms. The molecule has 0 N–H and O–H groups in total. The molecule has 2 heterocycles. The Hall–Kier alpha value is -6.90. The van der Waals surface area contributed by atoms with E-state index in [-0.39, 0.29) is 0 Å². The lowest BCUT2D eigenvalue weighted by atomic mass is 9.92. The number of nitrogens with zero attached hydrogens (tertiary/aromatic N) is 2. The Bertz CT molecular complexity index is 2610. The Morgan fingerprint density at radius 2 is 0.750 bits per heavy atom. The van der Waals surface area contributed by atoms with Crippen molar-refractivity contribution in [3.63, 3.8) is 0 Å². The third kappa shape index (κ3) is 6.19. The van der Waals surface area contributed by atoms with Gasteiger partial charge in [0, 0.05) is 28.9 Å². The molecule has 244 valence electrons. The average molecular weight is 663 g/mol. The maximum atomic E-state index is 5.39.